The van der Waals surface area contributed by atoms with Crippen LogP contribution in [0.4, 0.5) is 14.5 Å². The summed E-state index contributed by atoms with van der Waals surface area (Å²) >= 11 is 0. The van der Waals surface area contributed by atoms with Crippen molar-refractivity contribution in [3.05, 3.63) is 120 Å². The zero-order valence-electron chi connectivity index (χ0n) is 28.1. The molecule has 0 aliphatic heterocycles. The van der Waals surface area contributed by atoms with Crippen molar-refractivity contribution in [1.29, 1.82) is 0 Å². The third-order valence-corrected chi connectivity index (χ3v) is 10.6. The smallest absolute Gasteiger partial charge is 0.264 e. The number of hydrogen-bond acceptors (Lipinski definition) is 6. The first-order valence-electron chi connectivity index (χ1n) is 16.5. The maximum atomic E-state index is 15.2. The minimum Gasteiger partial charge on any atom is -0.493 e. The number of ether oxygens (including phenoxy) is 2. The van der Waals surface area contributed by atoms with E-state index in [1.165, 1.54) is 67.7 Å². The molecule has 1 N–H and O–H groups in total. The molecule has 0 spiro atoms. The molecule has 0 radical (unpaired) electrons. The number of halogens is 2. The highest BCUT2D eigenvalue weighted by atomic mass is 32.2. The highest BCUT2D eigenvalue weighted by Gasteiger charge is 2.36. The fourth-order valence-electron chi connectivity index (χ4n) is 6.15. The second kappa shape index (κ2) is 16.6. The van der Waals surface area contributed by atoms with Gasteiger partial charge < -0.3 is 19.7 Å². The summed E-state index contributed by atoms with van der Waals surface area (Å²) in [4.78, 5) is 29.8. The van der Waals surface area contributed by atoms with Gasteiger partial charge in [0.25, 0.3) is 10.0 Å². The molecule has 0 bridgehead atoms. The second-order valence-electron chi connectivity index (χ2n) is 12.2. The quantitative estimate of drug-likeness (QED) is 0.166. The summed E-state index contributed by atoms with van der Waals surface area (Å²) in [6, 6.07) is 22.5. The van der Waals surface area contributed by atoms with Crippen molar-refractivity contribution < 1.29 is 36.3 Å². The molecule has 0 unspecified atom stereocenters. The van der Waals surface area contributed by atoms with Crippen LogP contribution in [0.5, 0.6) is 11.5 Å². The van der Waals surface area contributed by atoms with Crippen LogP contribution in [0.3, 0.4) is 0 Å². The van der Waals surface area contributed by atoms with Gasteiger partial charge >= 0.3 is 0 Å². The van der Waals surface area contributed by atoms with Crippen LogP contribution in [0, 0.1) is 11.6 Å². The first kappa shape index (κ1) is 36.3. The van der Waals surface area contributed by atoms with Crippen LogP contribution in [0.1, 0.15) is 43.2 Å². The van der Waals surface area contributed by atoms with Gasteiger partial charge in [0.05, 0.1) is 24.8 Å². The molecule has 5 rings (SSSR count). The van der Waals surface area contributed by atoms with E-state index in [0.717, 1.165) is 54.1 Å². The lowest BCUT2D eigenvalue weighted by molar-refractivity contribution is -0.140. The molecule has 1 aliphatic rings. The van der Waals surface area contributed by atoms with Crippen molar-refractivity contribution in [2.45, 2.75) is 62.0 Å². The minimum absolute atomic E-state index is 0.00615. The number of carbonyl (C=O) groups excluding carboxylic acids is 2. The van der Waals surface area contributed by atoms with Crippen LogP contribution < -0.4 is 19.1 Å². The van der Waals surface area contributed by atoms with Gasteiger partial charge in [0, 0.05) is 30.6 Å². The Morgan fingerprint density at radius 2 is 1.50 bits per heavy atom. The fraction of sp³-hybridized carbons (Fsp3) is 0.316. The molecular formula is C38H41F2N3O6S. The van der Waals surface area contributed by atoms with E-state index >= 15 is 4.39 Å². The van der Waals surface area contributed by atoms with Crippen molar-refractivity contribution in [3.63, 3.8) is 0 Å². The molecule has 50 heavy (non-hydrogen) atoms. The number of anilines is 1. The van der Waals surface area contributed by atoms with Crippen LogP contribution in [0.2, 0.25) is 0 Å². The molecule has 1 saturated carbocycles. The van der Waals surface area contributed by atoms with Crippen molar-refractivity contribution >= 4 is 27.5 Å². The van der Waals surface area contributed by atoms with E-state index in [1.54, 1.807) is 6.07 Å². The van der Waals surface area contributed by atoms with Crippen molar-refractivity contribution in [2.75, 3.05) is 25.1 Å². The van der Waals surface area contributed by atoms with Gasteiger partial charge in [0.2, 0.25) is 11.8 Å². The monoisotopic (exact) mass is 705 g/mol. The van der Waals surface area contributed by atoms with Gasteiger partial charge in [0.1, 0.15) is 24.2 Å². The van der Waals surface area contributed by atoms with Crippen LogP contribution in [0.15, 0.2) is 102 Å². The Balaban J connectivity index is 1.58. The average molecular weight is 706 g/mol. The minimum atomic E-state index is -4.51. The molecule has 0 heterocycles. The highest BCUT2D eigenvalue weighted by molar-refractivity contribution is 7.92. The van der Waals surface area contributed by atoms with E-state index in [4.69, 9.17) is 9.47 Å². The van der Waals surface area contributed by atoms with Gasteiger partial charge in [-0.15, -0.1) is 0 Å². The zero-order chi connectivity index (χ0) is 35.7. The standard InChI is InChI=1S/C38H41F2N3O6S/c1-48-35-22-21-32(24-36(35)49-2)50(46,47)43(31-19-17-29(39)18-20-31)26-37(44)42(25-28-13-9-10-16-33(28)40)34(23-27-11-5-3-6-12-27)38(45)41-30-14-7-4-8-15-30/h3,5-6,9-13,16-22,24,30,34H,4,7-8,14-15,23,25-26H2,1-2H3,(H,41,45)/t34-/m1/s1. The molecule has 4 aromatic rings. The lowest BCUT2D eigenvalue weighted by Crippen LogP contribution is -2.55. The van der Waals surface area contributed by atoms with Gasteiger partial charge in [-0.1, -0.05) is 67.8 Å². The molecule has 2 amide bonds. The molecule has 1 fully saturated rings. The number of rotatable bonds is 14. The maximum Gasteiger partial charge on any atom is 0.264 e. The van der Waals surface area contributed by atoms with Gasteiger partial charge in [-0.2, -0.15) is 0 Å². The average Bonchev–Trinajstić information content (AvgIpc) is 3.13. The Kier molecular flexibility index (Phi) is 12.1. The van der Waals surface area contributed by atoms with Gasteiger partial charge in [-0.05, 0) is 60.9 Å². The molecular weight excluding hydrogens is 664 g/mol. The van der Waals surface area contributed by atoms with Crippen molar-refractivity contribution in [2.24, 2.45) is 0 Å². The Hall–Kier alpha value is -4.97. The number of nitrogens with one attached hydrogen (secondary N) is 1. The Labute approximate surface area is 291 Å². The van der Waals surface area contributed by atoms with E-state index in [9.17, 15) is 22.4 Å². The predicted molar refractivity (Wildman–Crippen MR) is 186 cm³/mol. The molecule has 4 aromatic carbocycles. The SMILES string of the molecule is COc1ccc(S(=O)(=O)N(CC(=O)N(Cc2ccccc2F)[C@H](Cc2ccccc2)C(=O)NC2CCCCC2)c2ccc(F)cc2)cc1OC. The molecule has 9 nitrogen and oxygen atoms in total. The highest BCUT2D eigenvalue weighted by Crippen LogP contribution is 2.33. The number of amides is 2. The van der Waals surface area contributed by atoms with E-state index in [2.05, 4.69) is 5.32 Å². The van der Waals surface area contributed by atoms with Crippen LogP contribution >= 0.6 is 0 Å². The summed E-state index contributed by atoms with van der Waals surface area (Å²) in [6.45, 7) is -1.09. The van der Waals surface area contributed by atoms with Crippen LogP contribution in [0.25, 0.3) is 0 Å². The summed E-state index contributed by atoms with van der Waals surface area (Å²) in [7, 11) is -1.73. The summed E-state index contributed by atoms with van der Waals surface area (Å²) in [6.07, 6.45) is 4.70. The number of sulfonamides is 1. The van der Waals surface area contributed by atoms with Crippen molar-refractivity contribution in [3.8, 4) is 11.5 Å². The molecule has 0 aromatic heterocycles. The summed E-state index contributed by atoms with van der Waals surface area (Å²) in [5.41, 5.74) is 0.920. The van der Waals surface area contributed by atoms with E-state index in [-0.39, 0.29) is 40.9 Å². The second-order valence-corrected chi connectivity index (χ2v) is 14.0. The van der Waals surface area contributed by atoms with Crippen LogP contribution in [-0.2, 0) is 32.6 Å². The van der Waals surface area contributed by atoms with E-state index < -0.39 is 46.1 Å². The third kappa shape index (κ3) is 8.78. The topological polar surface area (TPSA) is 105 Å². The number of carbonyl (C=O) groups is 2. The number of benzene rings is 4. The molecule has 12 heteroatoms. The summed E-state index contributed by atoms with van der Waals surface area (Å²) in [5, 5.41) is 3.12. The first-order chi connectivity index (χ1) is 24.1. The normalized spacial score (nSPS) is 14.0. The molecule has 1 atom stereocenters. The number of methoxy groups -OCH3 is 2. The third-order valence-electron chi connectivity index (χ3n) is 8.86. The van der Waals surface area contributed by atoms with E-state index in [1.807, 2.05) is 30.3 Å². The lowest BCUT2D eigenvalue weighted by Gasteiger charge is -2.35. The first-order valence-corrected chi connectivity index (χ1v) is 17.9. The largest absolute Gasteiger partial charge is 0.493 e. The molecule has 1 aliphatic carbocycles. The van der Waals surface area contributed by atoms with Gasteiger partial charge in [0.15, 0.2) is 11.5 Å². The Morgan fingerprint density at radius 3 is 2.16 bits per heavy atom. The Morgan fingerprint density at radius 1 is 0.840 bits per heavy atom. The number of hydrogen-bond donors (Lipinski definition) is 1. The summed E-state index contributed by atoms with van der Waals surface area (Å²) < 4.78 is 69.4. The zero-order valence-corrected chi connectivity index (χ0v) is 28.9. The van der Waals surface area contributed by atoms with Crippen molar-refractivity contribution in [1.82, 2.24) is 10.2 Å². The van der Waals surface area contributed by atoms with Gasteiger partial charge in [-0.3, -0.25) is 13.9 Å². The fourth-order valence-corrected chi connectivity index (χ4v) is 7.58. The molecule has 0 saturated heterocycles. The predicted octanol–water partition coefficient (Wildman–Crippen LogP) is 6.27. The van der Waals surface area contributed by atoms with E-state index in [0.29, 0.717) is 5.75 Å². The maximum absolute atomic E-state index is 15.2. The number of nitrogens with zero attached hydrogens (tertiary/aromatic N) is 2. The van der Waals surface area contributed by atoms with Gasteiger partial charge in [-0.25, -0.2) is 17.2 Å². The molecule has 264 valence electrons. The lowest BCUT2D eigenvalue weighted by atomic mass is 9.94. The summed E-state index contributed by atoms with van der Waals surface area (Å²) in [5.74, 6) is -1.93. The van der Waals surface area contributed by atoms with Crippen LogP contribution in [-0.4, -0.2) is 58.0 Å². The Bertz CT molecular complexity index is 1870.